The van der Waals surface area contributed by atoms with E-state index in [1.165, 1.54) is 0 Å². The first-order chi connectivity index (χ1) is 8.67. The molecule has 1 rings (SSSR count). The third-order valence-electron chi connectivity index (χ3n) is 2.86. The topological polar surface area (TPSA) is 68.2 Å². The van der Waals surface area contributed by atoms with Crippen LogP contribution in [0.3, 0.4) is 0 Å². The van der Waals surface area contributed by atoms with Gasteiger partial charge in [0.15, 0.2) is 5.82 Å². The second-order valence-electron chi connectivity index (χ2n) is 6.99. The Bertz CT molecular complexity index is 381. The van der Waals surface area contributed by atoms with Gasteiger partial charge >= 0.3 is 0 Å². The molecule has 0 fully saturated rings. The number of nitrogens with zero attached hydrogens (tertiary/aromatic N) is 3. The number of hydrogen-bond acceptors (Lipinski definition) is 5. The molecule has 0 amide bonds. The molecule has 2 unspecified atom stereocenters. The molecule has 0 saturated heterocycles. The average Bonchev–Trinajstić information content (AvgIpc) is 2.61. The lowest BCUT2D eigenvalue weighted by Crippen LogP contribution is -2.26. The maximum atomic E-state index is 6.02. The zero-order chi connectivity index (χ0) is 14.6. The molecule has 1 aromatic heterocycles. The van der Waals surface area contributed by atoms with Gasteiger partial charge in [-0.1, -0.05) is 32.9 Å². The minimum absolute atomic E-state index is 0.189. The van der Waals surface area contributed by atoms with Crippen LogP contribution in [-0.2, 0) is 6.42 Å². The summed E-state index contributed by atoms with van der Waals surface area (Å²) >= 11 is 0. The first kappa shape index (κ1) is 16.1. The molecule has 5 heteroatoms. The third-order valence-corrected chi connectivity index (χ3v) is 2.86. The van der Waals surface area contributed by atoms with Gasteiger partial charge in [0.05, 0.1) is 6.04 Å². The van der Waals surface area contributed by atoms with Gasteiger partial charge in [-0.2, -0.15) is 4.98 Å². The van der Waals surface area contributed by atoms with Crippen LogP contribution in [-0.4, -0.2) is 35.7 Å². The number of likely N-dealkylation sites (N-methyl/N-ethyl adjacent to an activating group) is 1. The van der Waals surface area contributed by atoms with Crippen molar-refractivity contribution < 1.29 is 4.52 Å². The molecular weight excluding hydrogens is 240 g/mol. The Morgan fingerprint density at radius 1 is 1.32 bits per heavy atom. The van der Waals surface area contributed by atoms with Gasteiger partial charge in [-0.3, -0.25) is 0 Å². The Labute approximate surface area is 116 Å². The summed E-state index contributed by atoms with van der Waals surface area (Å²) in [5.74, 6) is 1.82. The summed E-state index contributed by atoms with van der Waals surface area (Å²) in [5, 5.41) is 3.98. The highest BCUT2D eigenvalue weighted by Crippen LogP contribution is 2.26. The first-order valence-electron chi connectivity index (χ1n) is 6.90. The standard InChI is InChI=1S/C14H28N4O/c1-10(8-14(2,3)4)7-12-16-13(17-19-12)11(15)9-18(5)6/h10-11H,7-9,15H2,1-6H3. The summed E-state index contributed by atoms with van der Waals surface area (Å²) < 4.78 is 5.29. The van der Waals surface area contributed by atoms with E-state index in [2.05, 4.69) is 37.8 Å². The van der Waals surface area contributed by atoms with Crippen LogP contribution in [0.2, 0.25) is 0 Å². The zero-order valence-corrected chi connectivity index (χ0v) is 13.1. The van der Waals surface area contributed by atoms with Gasteiger partial charge in [0, 0.05) is 13.0 Å². The van der Waals surface area contributed by atoms with Crippen molar-refractivity contribution in [3.05, 3.63) is 11.7 Å². The molecule has 0 spiro atoms. The van der Waals surface area contributed by atoms with Crippen molar-refractivity contribution in [2.24, 2.45) is 17.1 Å². The number of hydrogen-bond donors (Lipinski definition) is 1. The minimum atomic E-state index is -0.189. The van der Waals surface area contributed by atoms with Gasteiger partial charge in [-0.15, -0.1) is 0 Å². The predicted octanol–water partition coefficient (Wildman–Crippen LogP) is 2.25. The van der Waals surface area contributed by atoms with Crippen molar-refractivity contribution in [3.63, 3.8) is 0 Å². The van der Waals surface area contributed by atoms with E-state index in [0.717, 1.165) is 19.4 Å². The highest BCUT2D eigenvalue weighted by molar-refractivity contribution is 4.94. The summed E-state index contributed by atoms with van der Waals surface area (Å²) in [6.07, 6.45) is 1.95. The molecule has 1 heterocycles. The molecule has 2 N–H and O–H groups in total. The van der Waals surface area contributed by atoms with Crippen molar-refractivity contribution in [1.29, 1.82) is 0 Å². The van der Waals surface area contributed by atoms with Crippen LogP contribution in [0.25, 0.3) is 0 Å². The van der Waals surface area contributed by atoms with E-state index in [4.69, 9.17) is 10.3 Å². The zero-order valence-electron chi connectivity index (χ0n) is 13.1. The van der Waals surface area contributed by atoms with Crippen LogP contribution in [0.15, 0.2) is 4.52 Å². The molecule has 110 valence electrons. The van der Waals surface area contributed by atoms with Crippen molar-refractivity contribution in [3.8, 4) is 0 Å². The van der Waals surface area contributed by atoms with Gasteiger partial charge in [0.25, 0.3) is 0 Å². The monoisotopic (exact) mass is 268 g/mol. The highest BCUT2D eigenvalue weighted by atomic mass is 16.5. The van der Waals surface area contributed by atoms with Crippen LogP contribution in [0, 0.1) is 11.3 Å². The second-order valence-corrected chi connectivity index (χ2v) is 6.99. The first-order valence-corrected chi connectivity index (χ1v) is 6.90. The molecule has 0 radical (unpaired) electrons. The molecule has 19 heavy (non-hydrogen) atoms. The Kier molecular flexibility index (Phi) is 5.50. The SMILES string of the molecule is CC(Cc1nc(C(N)CN(C)C)no1)CC(C)(C)C. The fourth-order valence-corrected chi connectivity index (χ4v) is 2.39. The van der Waals surface area contributed by atoms with E-state index in [1.807, 2.05) is 19.0 Å². The van der Waals surface area contributed by atoms with E-state index in [1.54, 1.807) is 0 Å². The van der Waals surface area contributed by atoms with Crippen molar-refractivity contribution in [2.45, 2.75) is 46.6 Å². The van der Waals surface area contributed by atoms with Gasteiger partial charge in [-0.05, 0) is 31.8 Å². The van der Waals surface area contributed by atoms with Crippen molar-refractivity contribution >= 4 is 0 Å². The lowest BCUT2D eigenvalue weighted by atomic mass is 9.84. The quantitative estimate of drug-likeness (QED) is 0.857. The van der Waals surface area contributed by atoms with Gasteiger partial charge in [0.1, 0.15) is 0 Å². The molecule has 1 aromatic rings. The molecule has 2 atom stereocenters. The smallest absolute Gasteiger partial charge is 0.226 e. The summed E-state index contributed by atoms with van der Waals surface area (Å²) in [6, 6.07) is -0.189. The van der Waals surface area contributed by atoms with E-state index >= 15 is 0 Å². The maximum Gasteiger partial charge on any atom is 0.226 e. The van der Waals surface area contributed by atoms with E-state index in [0.29, 0.717) is 23.0 Å². The predicted molar refractivity (Wildman–Crippen MR) is 76.7 cm³/mol. The Morgan fingerprint density at radius 3 is 2.47 bits per heavy atom. The van der Waals surface area contributed by atoms with Crippen LogP contribution < -0.4 is 5.73 Å². The average molecular weight is 268 g/mol. The fourth-order valence-electron chi connectivity index (χ4n) is 2.39. The maximum absolute atomic E-state index is 6.02. The summed E-state index contributed by atoms with van der Waals surface area (Å²) in [6.45, 7) is 9.67. The molecule has 0 bridgehead atoms. The van der Waals surface area contributed by atoms with Crippen molar-refractivity contribution in [2.75, 3.05) is 20.6 Å². The van der Waals surface area contributed by atoms with Crippen LogP contribution in [0.5, 0.6) is 0 Å². The van der Waals surface area contributed by atoms with Crippen LogP contribution >= 0.6 is 0 Å². The van der Waals surface area contributed by atoms with Gasteiger partial charge in [-0.25, -0.2) is 0 Å². The number of aromatic nitrogens is 2. The van der Waals surface area contributed by atoms with Crippen LogP contribution in [0.1, 0.15) is 51.9 Å². The lowest BCUT2D eigenvalue weighted by Gasteiger charge is -2.22. The lowest BCUT2D eigenvalue weighted by molar-refractivity contribution is 0.281. The summed E-state index contributed by atoms with van der Waals surface area (Å²) in [4.78, 5) is 6.42. The van der Waals surface area contributed by atoms with E-state index in [9.17, 15) is 0 Å². The molecule has 0 aliphatic heterocycles. The summed E-state index contributed by atoms with van der Waals surface area (Å²) in [7, 11) is 3.96. The highest BCUT2D eigenvalue weighted by Gasteiger charge is 2.19. The largest absolute Gasteiger partial charge is 0.339 e. The third kappa shape index (κ3) is 6.16. The molecular formula is C14H28N4O. The molecule has 0 saturated carbocycles. The molecule has 0 aliphatic rings. The van der Waals surface area contributed by atoms with E-state index < -0.39 is 0 Å². The molecule has 0 aliphatic carbocycles. The fraction of sp³-hybridized carbons (Fsp3) is 0.857. The normalized spacial score (nSPS) is 15.8. The Hall–Kier alpha value is -0.940. The van der Waals surface area contributed by atoms with Crippen LogP contribution in [0.4, 0.5) is 0 Å². The Balaban J connectivity index is 2.55. The van der Waals surface area contributed by atoms with E-state index in [-0.39, 0.29) is 6.04 Å². The van der Waals surface area contributed by atoms with Crippen molar-refractivity contribution in [1.82, 2.24) is 15.0 Å². The number of nitrogens with two attached hydrogens (primary N) is 1. The molecule has 0 aromatic carbocycles. The Morgan fingerprint density at radius 2 is 1.95 bits per heavy atom. The minimum Gasteiger partial charge on any atom is -0.339 e. The van der Waals surface area contributed by atoms with Gasteiger partial charge < -0.3 is 15.2 Å². The van der Waals surface area contributed by atoms with Gasteiger partial charge in [0.2, 0.25) is 5.89 Å². The number of rotatable bonds is 6. The molecule has 5 nitrogen and oxygen atoms in total. The summed E-state index contributed by atoms with van der Waals surface area (Å²) in [5.41, 5.74) is 6.34. The second kappa shape index (κ2) is 6.48.